The summed E-state index contributed by atoms with van der Waals surface area (Å²) in [5, 5.41) is 5.42. The number of hydrogen-bond donors (Lipinski definition) is 2. The van der Waals surface area contributed by atoms with Crippen molar-refractivity contribution >= 4 is 18.0 Å². The number of amides is 1. The highest BCUT2D eigenvalue weighted by Gasteiger charge is 2.07. The van der Waals surface area contributed by atoms with Crippen LogP contribution in [0.3, 0.4) is 0 Å². The van der Waals surface area contributed by atoms with Crippen molar-refractivity contribution in [3.8, 4) is 0 Å². The van der Waals surface area contributed by atoms with Crippen LogP contribution in [-0.2, 0) is 9.57 Å². The first kappa shape index (κ1) is 13.5. The van der Waals surface area contributed by atoms with E-state index in [2.05, 4.69) is 20.0 Å². The fourth-order valence-electron chi connectivity index (χ4n) is 1.04. The molecule has 1 amide bonds. The fourth-order valence-corrected chi connectivity index (χ4v) is 1.04. The third kappa shape index (κ3) is 4.12. The second-order valence-corrected chi connectivity index (χ2v) is 3.34. The van der Waals surface area contributed by atoms with Gasteiger partial charge in [0.2, 0.25) is 5.96 Å². The van der Waals surface area contributed by atoms with Crippen molar-refractivity contribution < 1.29 is 19.2 Å². The number of rotatable bonds is 2. The number of aryl methyl sites for hydroxylation is 1. The van der Waals surface area contributed by atoms with Crippen LogP contribution < -0.4 is 11.1 Å². The van der Waals surface area contributed by atoms with E-state index in [0.29, 0.717) is 5.56 Å². The van der Waals surface area contributed by atoms with Gasteiger partial charge in [0.15, 0.2) is 0 Å². The third-order valence-corrected chi connectivity index (χ3v) is 1.94. The van der Waals surface area contributed by atoms with E-state index in [9.17, 15) is 9.59 Å². The van der Waals surface area contributed by atoms with Crippen LogP contribution in [0.15, 0.2) is 29.4 Å². The highest BCUT2D eigenvalue weighted by molar-refractivity contribution is 6.05. The molecule has 0 unspecified atom stereocenters. The molecule has 0 aliphatic carbocycles. The van der Waals surface area contributed by atoms with Gasteiger partial charge < -0.3 is 10.5 Å². The maximum Gasteiger partial charge on any atom is 0.534 e. The Balaban J connectivity index is 2.59. The second kappa shape index (κ2) is 6.24. The van der Waals surface area contributed by atoms with Crippen molar-refractivity contribution in [2.75, 3.05) is 7.11 Å². The minimum absolute atomic E-state index is 0.342. The normalized spacial score (nSPS) is 10.7. The predicted octanol–water partition coefficient (Wildman–Crippen LogP) is 0.738. The molecule has 1 aromatic carbocycles. The largest absolute Gasteiger partial charge is 0.534 e. The van der Waals surface area contributed by atoms with Crippen molar-refractivity contribution in [2.24, 2.45) is 10.9 Å². The van der Waals surface area contributed by atoms with Gasteiger partial charge in [0.25, 0.3) is 5.91 Å². The van der Waals surface area contributed by atoms with Gasteiger partial charge >= 0.3 is 6.16 Å². The van der Waals surface area contributed by atoms with Gasteiger partial charge in [0, 0.05) is 5.56 Å². The van der Waals surface area contributed by atoms with Gasteiger partial charge in [-0.1, -0.05) is 17.7 Å². The lowest BCUT2D eigenvalue weighted by Crippen LogP contribution is -2.37. The first-order chi connectivity index (χ1) is 8.52. The second-order valence-electron chi connectivity index (χ2n) is 3.34. The first-order valence-electron chi connectivity index (χ1n) is 4.99. The number of oxime groups is 1. The molecule has 96 valence electrons. The summed E-state index contributed by atoms with van der Waals surface area (Å²) in [5.74, 6) is -0.796. The van der Waals surface area contributed by atoms with E-state index in [4.69, 9.17) is 5.73 Å². The van der Waals surface area contributed by atoms with Gasteiger partial charge in [0.1, 0.15) is 0 Å². The van der Waals surface area contributed by atoms with Crippen LogP contribution in [0.25, 0.3) is 0 Å². The maximum atomic E-state index is 11.6. The number of nitrogens with zero attached hydrogens (tertiary/aromatic N) is 1. The Morgan fingerprint density at radius 2 is 1.89 bits per heavy atom. The van der Waals surface area contributed by atoms with E-state index in [1.54, 1.807) is 24.3 Å². The number of ether oxygens (including phenoxy) is 1. The van der Waals surface area contributed by atoms with Crippen LogP contribution in [0.5, 0.6) is 0 Å². The fraction of sp³-hybridized carbons (Fsp3) is 0.182. The molecule has 0 spiro atoms. The van der Waals surface area contributed by atoms with E-state index in [0.717, 1.165) is 12.7 Å². The molecule has 0 radical (unpaired) electrons. The lowest BCUT2D eigenvalue weighted by Gasteiger charge is -2.03. The average Bonchev–Trinajstić information content (AvgIpc) is 2.36. The molecular formula is C11H13N3O4. The van der Waals surface area contributed by atoms with Crippen LogP contribution >= 0.6 is 0 Å². The Hall–Kier alpha value is -2.57. The average molecular weight is 251 g/mol. The molecule has 0 fully saturated rings. The molecule has 18 heavy (non-hydrogen) atoms. The van der Waals surface area contributed by atoms with Gasteiger partial charge in [-0.25, -0.2) is 4.79 Å². The number of nitrogens with two attached hydrogens (primary N) is 1. The molecule has 0 bridgehead atoms. The lowest BCUT2D eigenvalue weighted by molar-refractivity contribution is 0.0743. The molecule has 0 saturated heterocycles. The van der Waals surface area contributed by atoms with Gasteiger partial charge in [-0.15, -0.1) is 0 Å². The highest BCUT2D eigenvalue weighted by Crippen LogP contribution is 2.02. The van der Waals surface area contributed by atoms with Crippen LogP contribution in [0, 0.1) is 6.92 Å². The van der Waals surface area contributed by atoms with E-state index in [1.165, 1.54) is 0 Å². The molecule has 0 saturated carbocycles. The van der Waals surface area contributed by atoms with Gasteiger partial charge in [-0.05, 0) is 24.2 Å². The molecule has 1 aromatic rings. The Morgan fingerprint density at radius 3 is 2.44 bits per heavy atom. The minimum atomic E-state index is -1.03. The SMILES string of the molecule is COC(=O)O/N=C(\N)NC(=O)c1ccc(C)cc1. The number of carbonyl (C=O) groups is 2. The highest BCUT2D eigenvalue weighted by atomic mass is 16.8. The smallest absolute Gasteiger partial charge is 0.436 e. The summed E-state index contributed by atoms with van der Waals surface area (Å²) in [6.45, 7) is 1.90. The van der Waals surface area contributed by atoms with Gasteiger partial charge in [0.05, 0.1) is 7.11 Å². The third-order valence-electron chi connectivity index (χ3n) is 1.94. The Morgan fingerprint density at radius 1 is 1.28 bits per heavy atom. The summed E-state index contributed by atoms with van der Waals surface area (Å²) in [6.07, 6.45) is -1.03. The molecule has 7 heteroatoms. The number of methoxy groups -OCH3 is 1. The van der Waals surface area contributed by atoms with E-state index >= 15 is 0 Å². The zero-order valence-electron chi connectivity index (χ0n) is 9.97. The number of guanidine groups is 1. The molecule has 0 aliphatic heterocycles. The van der Waals surface area contributed by atoms with Crippen LogP contribution in [-0.4, -0.2) is 25.1 Å². The Labute approximate surface area is 104 Å². The zero-order chi connectivity index (χ0) is 13.5. The van der Waals surface area contributed by atoms with Crippen molar-refractivity contribution in [1.29, 1.82) is 0 Å². The van der Waals surface area contributed by atoms with Crippen molar-refractivity contribution in [3.05, 3.63) is 35.4 Å². The van der Waals surface area contributed by atoms with Gasteiger partial charge in [-0.2, -0.15) is 0 Å². The number of benzene rings is 1. The van der Waals surface area contributed by atoms with Crippen LogP contribution in [0.2, 0.25) is 0 Å². The summed E-state index contributed by atoms with van der Waals surface area (Å²) >= 11 is 0. The molecule has 0 atom stereocenters. The topological polar surface area (TPSA) is 103 Å². The van der Waals surface area contributed by atoms with Crippen molar-refractivity contribution in [2.45, 2.75) is 6.92 Å². The monoisotopic (exact) mass is 251 g/mol. The van der Waals surface area contributed by atoms with Gasteiger partial charge in [-0.3, -0.25) is 14.9 Å². The first-order valence-corrected chi connectivity index (χ1v) is 4.99. The molecular weight excluding hydrogens is 238 g/mol. The van der Waals surface area contributed by atoms with E-state index in [-0.39, 0.29) is 5.96 Å². The molecule has 7 nitrogen and oxygen atoms in total. The Kier molecular flexibility index (Phi) is 4.67. The molecule has 0 heterocycles. The van der Waals surface area contributed by atoms with E-state index < -0.39 is 12.1 Å². The Bertz CT molecular complexity index is 468. The molecule has 1 rings (SSSR count). The summed E-state index contributed by atoms with van der Waals surface area (Å²) < 4.78 is 4.17. The summed E-state index contributed by atoms with van der Waals surface area (Å²) in [4.78, 5) is 26.4. The van der Waals surface area contributed by atoms with Crippen molar-refractivity contribution in [1.82, 2.24) is 5.32 Å². The van der Waals surface area contributed by atoms with Crippen LogP contribution in [0.1, 0.15) is 15.9 Å². The maximum absolute atomic E-state index is 11.6. The number of hydrogen-bond acceptors (Lipinski definition) is 5. The van der Waals surface area contributed by atoms with E-state index in [1.807, 2.05) is 6.92 Å². The summed E-state index contributed by atoms with van der Waals surface area (Å²) in [7, 11) is 1.12. The van der Waals surface area contributed by atoms with Crippen LogP contribution in [0.4, 0.5) is 4.79 Å². The molecule has 3 N–H and O–H groups in total. The minimum Gasteiger partial charge on any atom is -0.436 e. The van der Waals surface area contributed by atoms with Crippen molar-refractivity contribution in [3.63, 3.8) is 0 Å². The number of nitrogens with one attached hydrogen (secondary N) is 1. The molecule has 0 aliphatic rings. The summed E-state index contributed by atoms with van der Waals surface area (Å²) in [6, 6.07) is 6.85. The molecule has 0 aromatic heterocycles. The quantitative estimate of drug-likeness (QED) is 0.265. The zero-order valence-corrected chi connectivity index (χ0v) is 9.97. The standard InChI is InChI=1S/C11H13N3O4/c1-7-3-5-8(6-4-7)9(15)13-10(12)14-18-11(16)17-2/h3-6H,1-2H3,(H3,12,13,14,15). The predicted molar refractivity (Wildman–Crippen MR) is 63.8 cm³/mol. The number of carbonyl (C=O) groups excluding carboxylic acids is 2. The summed E-state index contributed by atoms with van der Waals surface area (Å²) in [5.41, 5.74) is 6.77. The lowest BCUT2D eigenvalue weighted by atomic mass is 10.1.